The zero-order valence-corrected chi connectivity index (χ0v) is 59.8. The Bertz CT molecular complexity index is 4740. The van der Waals surface area contributed by atoms with Crippen molar-refractivity contribution in [3.8, 4) is 66.8 Å². The van der Waals surface area contributed by atoms with Gasteiger partial charge in [0, 0.05) is 32.5 Å². The maximum atomic E-state index is 2.75. The number of benzene rings is 10. The molecule has 0 heterocycles. The molecule has 4 saturated carbocycles. The fourth-order valence-electron chi connectivity index (χ4n) is 25.9. The van der Waals surface area contributed by atoms with Crippen LogP contribution in [0.15, 0.2) is 194 Å². The molecule has 2 spiro atoms. The molecule has 0 aliphatic heterocycles. The molecule has 96 heavy (non-hydrogen) atoms. The van der Waals surface area contributed by atoms with E-state index >= 15 is 0 Å². The topological polar surface area (TPSA) is 0 Å². The van der Waals surface area contributed by atoms with Crippen molar-refractivity contribution in [2.75, 3.05) is 0 Å². The van der Waals surface area contributed by atoms with E-state index in [2.05, 4.69) is 277 Å². The van der Waals surface area contributed by atoms with Crippen molar-refractivity contribution in [3.63, 3.8) is 0 Å². The lowest BCUT2D eigenvalue weighted by molar-refractivity contribution is 0.207. The predicted molar refractivity (Wildman–Crippen MR) is 406 cm³/mol. The summed E-state index contributed by atoms with van der Waals surface area (Å²) in [6.07, 6.45) is 20.0. The molecule has 4 bridgehead atoms. The van der Waals surface area contributed by atoms with Gasteiger partial charge in [0.2, 0.25) is 0 Å². The smallest absolute Gasteiger partial charge is 0.0322 e. The highest BCUT2D eigenvalue weighted by atomic mass is 14.8. The fraction of sp³-hybridized carbons (Fsp3) is 0.396. The van der Waals surface area contributed by atoms with Crippen molar-refractivity contribution in [3.05, 3.63) is 261 Å². The van der Waals surface area contributed by atoms with Gasteiger partial charge in [-0.05, 0) is 317 Å². The number of hydrogen-bond donors (Lipinski definition) is 0. The molecule has 0 saturated heterocycles. The first kappa shape index (κ1) is 60.8. The number of rotatable bonds is 8. The Morgan fingerprint density at radius 3 is 0.698 bits per heavy atom. The first-order valence-corrected chi connectivity index (χ1v) is 38.1. The van der Waals surface area contributed by atoms with E-state index in [4.69, 9.17) is 0 Å². The molecule has 10 aliphatic rings. The van der Waals surface area contributed by atoms with Crippen molar-refractivity contribution < 1.29 is 0 Å². The largest absolute Gasteiger partial charge is 0.0642 e. The molecule has 4 fully saturated rings. The minimum absolute atomic E-state index is 0.0754. The monoisotopic (exact) mass is 1250 g/mol. The van der Waals surface area contributed by atoms with Crippen LogP contribution in [0.2, 0.25) is 0 Å². The molecule has 10 aromatic rings. The first-order valence-electron chi connectivity index (χ1n) is 38.1. The van der Waals surface area contributed by atoms with Crippen LogP contribution in [0.1, 0.15) is 253 Å². The lowest BCUT2D eigenvalue weighted by atomic mass is 9.57. The van der Waals surface area contributed by atoms with E-state index in [0.29, 0.717) is 21.7 Å². The molecular formula is C96H100. The highest BCUT2D eigenvalue weighted by molar-refractivity contribution is 5.97. The second-order valence-electron chi connectivity index (χ2n) is 33.2. The van der Waals surface area contributed by atoms with Gasteiger partial charge < -0.3 is 0 Å². The third kappa shape index (κ3) is 6.90. The summed E-state index contributed by atoms with van der Waals surface area (Å²) in [4.78, 5) is 0. The minimum Gasteiger partial charge on any atom is -0.0642 e. The zero-order chi connectivity index (χ0) is 66.0. The van der Waals surface area contributed by atoms with E-state index in [9.17, 15) is 0 Å². The predicted octanol–water partition coefficient (Wildman–Crippen LogP) is 26.3. The molecule has 0 amide bonds. The Hall–Kier alpha value is -7.54. The Morgan fingerprint density at radius 2 is 0.396 bits per heavy atom. The Kier molecular flexibility index (Phi) is 13.0. The average molecular weight is 1250 g/mol. The van der Waals surface area contributed by atoms with Gasteiger partial charge in [0.15, 0.2) is 0 Å². The van der Waals surface area contributed by atoms with Crippen molar-refractivity contribution in [2.24, 2.45) is 21.7 Å². The van der Waals surface area contributed by atoms with Gasteiger partial charge in [-0.1, -0.05) is 229 Å². The van der Waals surface area contributed by atoms with E-state index < -0.39 is 0 Å². The third-order valence-corrected chi connectivity index (χ3v) is 30.8. The molecule has 10 aromatic carbocycles. The van der Waals surface area contributed by atoms with Gasteiger partial charge in [-0.2, -0.15) is 0 Å². The van der Waals surface area contributed by atoms with Crippen molar-refractivity contribution in [1.82, 2.24) is 0 Å². The van der Waals surface area contributed by atoms with E-state index in [-0.39, 0.29) is 32.5 Å². The van der Waals surface area contributed by atoms with Crippen molar-refractivity contribution >= 4 is 10.8 Å². The molecule has 0 heteroatoms. The molecule has 0 aromatic heterocycles. The highest BCUT2D eigenvalue weighted by Crippen LogP contribution is 2.81. The zero-order valence-electron chi connectivity index (χ0n) is 59.8. The van der Waals surface area contributed by atoms with E-state index in [1.165, 1.54) is 123 Å². The summed E-state index contributed by atoms with van der Waals surface area (Å²) >= 11 is 0. The Labute approximate surface area is 574 Å². The van der Waals surface area contributed by atoms with Crippen LogP contribution >= 0.6 is 0 Å². The van der Waals surface area contributed by atoms with Crippen LogP contribution in [0.25, 0.3) is 77.5 Å². The van der Waals surface area contributed by atoms with E-state index in [1.54, 1.807) is 72.3 Å². The maximum absolute atomic E-state index is 2.75. The van der Waals surface area contributed by atoms with Gasteiger partial charge in [-0.3, -0.25) is 0 Å². The number of hydrogen-bond acceptors (Lipinski definition) is 0. The van der Waals surface area contributed by atoms with Gasteiger partial charge >= 0.3 is 0 Å². The molecule has 0 radical (unpaired) electrons. The van der Waals surface area contributed by atoms with Gasteiger partial charge in [-0.25, -0.2) is 0 Å². The standard InChI is InChI=1S/C43H46.C32H34.C21H20/c1-7-41(8-2)33-17-13-11-15-27(33)29-25-37-31(23-35(29)41)32-24-36-30(28-16-12-14-18-34(28)42(36,9-3)10-4)26-38(32)43(37)39(5)19-21-40(43,6)22-20-39;1-5-31(6-2)25-13-9-7-11-21(25)23-20-28-24(19-27(23)31)22-12-8-10-14-26(22)32(28)29(3)15-17-30(32,4)18-16-29;1-3-21(4-2)19-12-8-7-11-17(19)18-13-15-9-5-6-10-16(15)14-20(18)21/h11-18,23-26H,7-10,19-22H2,1-6H3;7-14,19-20H,5-6,15-18H2,1-4H3;5-14H,3-4H2,1-2H3. The summed E-state index contributed by atoms with van der Waals surface area (Å²) in [5.74, 6) is 0. The second kappa shape index (κ2) is 20.5. The van der Waals surface area contributed by atoms with Gasteiger partial charge in [0.1, 0.15) is 0 Å². The van der Waals surface area contributed by atoms with E-state index in [1.807, 2.05) is 0 Å². The molecule has 0 N–H and O–H groups in total. The van der Waals surface area contributed by atoms with Crippen molar-refractivity contribution in [2.45, 2.75) is 218 Å². The molecular weight excluding hydrogens is 1150 g/mol. The normalized spacial score (nSPS) is 25.9. The van der Waals surface area contributed by atoms with Crippen LogP contribution in [0, 0.1) is 21.7 Å². The van der Waals surface area contributed by atoms with Crippen LogP contribution in [-0.4, -0.2) is 0 Å². The summed E-state index contributed by atoms with van der Waals surface area (Å²) in [6.45, 7) is 29.6. The quantitative estimate of drug-likeness (QED) is 0.142. The maximum Gasteiger partial charge on any atom is 0.0322 e. The average Bonchev–Trinajstić information content (AvgIpc) is 1.48. The Balaban J connectivity index is 0.000000112. The SMILES string of the molecule is CCC1(CC)c2ccccc2-c2cc3c(cc21)-c1cc2c(cc1C31C3(C)CCC1(C)CC3)-c1ccccc1C2(CC)CC.CCC1(CC)c2ccccc2-c2cc3c(cc21)-c1ccccc1C31C2(C)CCC1(C)CC2.CCC1(CC)c2ccccc2-c2cc3ccccc3cc21. The van der Waals surface area contributed by atoms with Crippen LogP contribution in [0.3, 0.4) is 0 Å². The minimum atomic E-state index is 0.0754. The molecule has 0 atom stereocenters. The van der Waals surface area contributed by atoms with Crippen LogP contribution < -0.4 is 0 Å². The molecule has 0 unspecified atom stereocenters. The lowest BCUT2D eigenvalue weighted by Crippen LogP contribution is -2.42. The van der Waals surface area contributed by atoms with Crippen LogP contribution in [-0.2, 0) is 32.5 Å². The van der Waals surface area contributed by atoms with Crippen molar-refractivity contribution in [1.29, 1.82) is 0 Å². The van der Waals surface area contributed by atoms with Gasteiger partial charge in [-0.15, -0.1) is 0 Å². The molecule has 20 rings (SSSR count). The highest BCUT2D eigenvalue weighted by Gasteiger charge is 2.73. The fourth-order valence-corrected chi connectivity index (χ4v) is 25.9. The van der Waals surface area contributed by atoms with E-state index in [0.717, 1.165) is 51.4 Å². The molecule has 10 aliphatic carbocycles. The summed E-state index contributed by atoms with van der Waals surface area (Å²) in [5.41, 5.74) is 39.2. The second-order valence-corrected chi connectivity index (χ2v) is 33.2. The molecule has 484 valence electrons. The van der Waals surface area contributed by atoms with Gasteiger partial charge in [0.25, 0.3) is 0 Å². The lowest BCUT2D eigenvalue weighted by Gasteiger charge is -2.45. The Morgan fingerprint density at radius 1 is 0.198 bits per heavy atom. The summed E-state index contributed by atoms with van der Waals surface area (Å²) < 4.78 is 0. The summed E-state index contributed by atoms with van der Waals surface area (Å²) in [7, 11) is 0. The summed E-state index contributed by atoms with van der Waals surface area (Å²) in [6, 6.07) is 76.2. The first-order chi connectivity index (χ1) is 46.5. The third-order valence-electron chi connectivity index (χ3n) is 30.8. The van der Waals surface area contributed by atoms with Crippen LogP contribution in [0.5, 0.6) is 0 Å². The number of fused-ring (bicyclic) bond motifs is 19. The summed E-state index contributed by atoms with van der Waals surface area (Å²) in [5, 5.41) is 2.70. The van der Waals surface area contributed by atoms with Crippen LogP contribution in [0.4, 0.5) is 0 Å². The molecule has 0 nitrogen and oxygen atoms in total. The van der Waals surface area contributed by atoms with Gasteiger partial charge in [0.05, 0.1) is 0 Å².